The van der Waals surface area contributed by atoms with Gasteiger partial charge >= 0.3 is 0 Å². The lowest BCUT2D eigenvalue weighted by atomic mass is 9.78. The van der Waals surface area contributed by atoms with Gasteiger partial charge in [-0.25, -0.2) is 13.2 Å². The lowest BCUT2D eigenvalue weighted by Crippen LogP contribution is -2.45. The maximum atomic E-state index is 14.2. The van der Waals surface area contributed by atoms with Crippen LogP contribution in [0.3, 0.4) is 0 Å². The van der Waals surface area contributed by atoms with Crippen molar-refractivity contribution in [2.75, 3.05) is 0 Å². The van der Waals surface area contributed by atoms with E-state index in [0.717, 1.165) is 23.6 Å². The molecule has 0 fully saturated rings. The topological polar surface area (TPSA) is 12.0 Å². The molecule has 0 aliphatic rings. The molecule has 28 heavy (non-hydrogen) atoms. The summed E-state index contributed by atoms with van der Waals surface area (Å²) in [6.07, 6.45) is 0.299. The summed E-state index contributed by atoms with van der Waals surface area (Å²) in [6.45, 7) is 12.7. The molecule has 1 N–H and O–H groups in total. The fraction of sp³-hybridized carbons (Fsp3) is 0.333. The van der Waals surface area contributed by atoms with Crippen LogP contribution in [0.15, 0.2) is 73.0 Å². The van der Waals surface area contributed by atoms with Crippen LogP contribution < -0.4 is 5.32 Å². The third kappa shape index (κ3) is 5.75. The Morgan fingerprint density at radius 1 is 1.07 bits per heavy atom. The molecule has 1 unspecified atom stereocenters. The first kappa shape index (κ1) is 21.8. The smallest absolute Gasteiger partial charge is 0.245 e. The van der Waals surface area contributed by atoms with Crippen molar-refractivity contribution in [2.45, 2.75) is 51.5 Å². The summed E-state index contributed by atoms with van der Waals surface area (Å²) < 4.78 is 40.9. The first-order valence-corrected chi connectivity index (χ1v) is 9.33. The summed E-state index contributed by atoms with van der Waals surface area (Å²) in [5.41, 5.74) is 2.88. The molecule has 0 saturated heterocycles. The van der Waals surface area contributed by atoms with Crippen molar-refractivity contribution in [3.05, 3.63) is 95.5 Å². The highest BCUT2D eigenvalue weighted by molar-refractivity contribution is 5.40. The molecule has 0 aliphatic heterocycles. The number of hydrogen-bond donors (Lipinski definition) is 1. The number of allylic oxidation sites excluding steroid dienone is 1. The van der Waals surface area contributed by atoms with Crippen LogP contribution in [0.25, 0.3) is 0 Å². The van der Waals surface area contributed by atoms with Gasteiger partial charge in [0.05, 0.1) is 5.54 Å². The first-order chi connectivity index (χ1) is 13.0. The molecular weight excluding hydrogens is 359 g/mol. The van der Waals surface area contributed by atoms with Crippen molar-refractivity contribution in [3.8, 4) is 0 Å². The van der Waals surface area contributed by atoms with E-state index in [9.17, 15) is 13.2 Å². The minimum absolute atomic E-state index is 0.113. The second-order valence-corrected chi connectivity index (χ2v) is 7.66. The molecule has 2 aromatic carbocycles. The van der Waals surface area contributed by atoms with Crippen molar-refractivity contribution in [1.29, 1.82) is 0 Å². The standard InChI is InChI=1S/C24H28F3N/c1-17(2)24(16-20-9-7-6-8-10-20,21-13-18(3)14-22(25)15-21)28-19(4)11-12-23(5,26)27/h6-10,13-15,28H,1,4,11-12,16H2,2-3,5H3. The van der Waals surface area contributed by atoms with E-state index >= 15 is 0 Å². The normalized spacial score (nSPS) is 13.6. The van der Waals surface area contributed by atoms with Gasteiger partial charge in [-0.3, -0.25) is 0 Å². The minimum Gasteiger partial charge on any atom is -0.375 e. The van der Waals surface area contributed by atoms with Crippen LogP contribution in [-0.2, 0) is 12.0 Å². The Morgan fingerprint density at radius 2 is 1.71 bits per heavy atom. The maximum Gasteiger partial charge on any atom is 0.245 e. The van der Waals surface area contributed by atoms with Gasteiger partial charge in [0.25, 0.3) is 0 Å². The number of halogens is 3. The molecule has 0 spiro atoms. The van der Waals surface area contributed by atoms with Crippen LogP contribution in [0.2, 0.25) is 0 Å². The maximum absolute atomic E-state index is 14.2. The van der Waals surface area contributed by atoms with E-state index in [-0.39, 0.29) is 18.7 Å². The average Bonchev–Trinajstić information content (AvgIpc) is 2.58. The molecule has 150 valence electrons. The molecular formula is C24H28F3N. The summed E-state index contributed by atoms with van der Waals surface area (Å²) in [6, 6.07) is 14.6. The SMILES string of the molecule is C=C(CCC(C)(F)F)NC(Cc1ccccc1)(C(=C)C)c1cc(C)cc(F)c1. The van der Waals surface area contributed by atoms with Crippen molar-refractivity contribution in [3.63, 3.8) is 0 Å². The quantitative estimate of drug-likeness (QED) is 0.473. The zero-order valence-corrected chi connectivity index (χ0v) is 16.8. The van der Waals surface area contributed by atoms with Crippen LogP contribution in [0, 0.1) is 12.7 Å². The van der Waals surface area contributed by atoms with Crippen LogP contribution in [0.4, 0.5) is 13.2 Å². The van der Waals surface area contributed by atoms with Crippen molar-refractivity contribution < 1.29 is 13.2 Å². The van der Waals surface area contributed by atoms with Crippen molar-refractivity contribution in [2.24, 2.45) is 0 Å². The highest BCUT2D eigenvalue weighted by atomic mass is 19.3. The molecule has 0 radical (unpaired) electrons. The number of aryl methyl sites for hydroxylation is 1. The summed E-state index contributed by atoms with van der Waals surface area (Å²) in [4.78, 5) is 0. The zero-order chi connectivity index (χ0) is 20.9. The van der Waals surface area contributed by atoms with Crippen LogP contribution >= 0.6 is 0 Å². The average molecular weight is 387 g/mol. The van der Waals surface area contributed by atoms with Crippen molar-refractivity contribution in [1.82, 2.24) is 5.32 Å². The van der Waals surface area contributed by atoms with Crippen LogP contribution in [0.5, 0.6) is 0 Å². The lowest BCUT2D eigenvalue weighted by Gasteiger charge is -2.38. The van der Waals surface area contributed by atoms with Gasteiger partial charge < -0.3 is 5.32 Å². The molecule has 0 bridgehead atoms. The van der Waals surface area contributed by atoms with Crippen LogP contribution in [0.1, 0.15) is 43.4 Å². The van der Waals surface area contributed by atoms with Gasteiger partial charge in [-0.2, -0.15) is 0 Å². The van der Waals surface area contributed by atoms with E-state index in [1.54, 1.807) is 0 Å². The van der Waals surface area contributed by atoms with Gasteiger partial charge in [0, 0.05) is 18.5 Å². The molecule has 1 nitrogen and oxygen atoms in total. The Hall–Kier alpha value is -2.49. The Morgan fingerprint density at radius 3 is 2.25 bits per heavy atom. The highest BCUT2D eigenvalue weighted by Gasteiger charge is 2.35. The van der Waals surface area contributed by atoms with Gasteiger partial charge in [0.2, 0.25) is 5.92 Å². The Labute approximate surface area is 166 Å². The first-order valence-electron chi connectivity index (χ1n) is 9.33. The lowest BCUT2D eigenvalue weighted by molar-refractivity contribution is 0.0127. The van der Waals surface area contributed by atoms with E-state index in [1.807, 2.05) is 50.2 Å². The predicted molar refractivity (Wildman–Crippen MR) is 110 cm³/mol. The van der Waals surface area contributed by atoms with Crippen molar-refractivity contribution >= 4 is 0 Å². The minimum atomic E-state index is -2.77. The second kappa shape index (κ2) is 8.68. The van der Waals surface area contributed by atoms with Gasteiger partial charge in [-0.15, -0.1) is 0 Å². The number of nitrogens with one attached hydrogen (secondary N) is 1. The van der Waals surface area contributed by atoms with Gasteiger partial charge in [-0.1, -0.05) is 55.1 Å². The summed E-state index contributed by atoms with van der Waals surface area (Å²) in [5, 5.41) is 3.33. The van der Waals surface area contributed by atoms with Gasteiger partial charge in [-0.05, 0) is 56.0 Å². The molecule has 4 heteroatoms. The monoisotopic (exact) mass is 387 g/mol. The third-order valence-corrected chi connectivity index (χ3v) is 4.83. The Kier molecular flexibility index (Phi) is 6.76. The number of rotatable bonds is 9. The third-order valence-electron chi connectivity index (χ3n) is 4.83. The largest absolute Gasteiger partial charge is 0.375 e. The van der Waals surface area contributed by atoms with Gasteiger partial charge in [0.1, 0.15) is 5.82 Å². The number of hydrogen-bond acceptors (Lipinski definition) is 1. The Balaban J connectivity index is 2.48. The molecule has 2 aromatic rings. The fourth-order valence-corrected chi connectivity index (χ4v) is 3.34. The summed E-state index contributed by atoms with van der Waals surface area (Å²) in [7, 11) is 0. The molecule has 1 atom stereocenters. The number of benzene rings is 2. The summed E-state index contributed by atoms with van der Waals surface area (Å²) in [5.74, 6) is -3.12. The molecule has 0 aromatic heterocycles. The van der Waals surface area contributed by atoms with Crippen LogP contribution in [-0.4, -0.2) is 5.92 Å². The van der Waals surface area contributed by atoms with Gasteiger partial charge in [0.15, 0.2) is 0 Å². The number of alkyl halides is 2. The van der Waals surface area contributed by atoms with E-state index < -0.39 is 11.5 Å². The fourth-order valence-electron chi connectivity index (χ4n) is 3.34. The molecule has 0 aliphatic carbocycles. The predicted octanol–water partition coefficient (Wildman–Crippen LogP) is 6.69. The van der Waals surface area contributed by atoms with E-state index in [0.29, 0.717) is 17.7 Å². The second-order valence-electron chi connectivity index (χ2n) is 7.66. The van der Waals surface area contributed by atoms with E-state index in [2.05, 4.69) is 18.5 Å². The molecule has 0 amide bonds. The zero-order valence-electron chi connectivity index (χ0n) is 16.8. The Bertz CT molecular complexity index is 816. The highest BCUT2D eigenvalue weighted by Crippen LogP contribution is 2.35. The molecule has 2 rings (SSSR count). The molecule has 0 saturated carbocycles. The van der Waals surface area contributed by atoms with E-state index in [1.165, 1.54) is 12.1 Å². The van der Waals surface area contributed by atoms with E-state index in [4.69, 9.17) is 0 Å². The summed E-state index contributed by atoms with van der Waals surface area (Å²) >= 11 is 0. The molecule has 0 heterocycles.